The molecule has 0 unspecified atom stereocenters. The van der Waals surface area contributed by atoms with Crippen LogP contribution in [0.5, 0.6) is 5.75 Å². The van der Waals surface area contributed by atoms with Crippen LogP contribution in [-0.2, 0) is 0 Å². The van der Waals surface area contributed by atoms with Crippen LogP contribution in [0.25, 0.3) is 10.9 Å². The fraction of sp³-hybridized carbons (Fsp3) is 0.500. The average molecular weight is 336 g/mol. The number of phenolic OH excluding ortho intramolecular Hbond substituents is 1. The van der Waals surface area contributed by atoms with E-state index in [-0.39, 0.29) is 0 Å². The third kappa shape index (κ3) is 2.44. The molecule has 1 aromatic heterocycles. The summed E-state index contributed by atoms with van der Waals surface area (Å²) in [5.41, 5.74) is 2.16. The Morgan fingerprint density at radius 2 is 1.59 bits per heavy atom. The number of aromatic hydroxyl groups is 1. The quantitative estimate of drug-likeness (QED) is 0.750. The molecular weight excluding hydrogens is 310 g/mol. The maximum Gasteiger partial charge on any atom is 0.141 e. The standard InChI is InChI=1S/C18H26ClNOSi/c1-11(2)22(12(3)4,13(5)6)16-10-15(19)14-8-7-9-20-17(14)18(16)21/h7-13,21H,1-6H3. The summed E-state index contributed by atoms with van der Waals surface area (Å²) in [6.45, 7) is 13.7. The number of nitrogens with zero attached hydrogens (tertiary/aromatic N) is 1. The van der Waals surface area contributed by atoms with Gasteiger partial charge in [-0.3, -0.25) is 4.98 Å². The molecule has 2 rings (SSSR count). The van der Waals surface area contributed by atoms with E-state index in [1.54, 1.807) is 6.20 Å². The molecule has 1 aromatic carbocycles. The van der Waals surface area contributed by atoms with Gasteiger partial charge in [0.1, 0.15) is 11.3 Å². The van der Waals surface area contributed by atoms with E-state index in [4.69, 9.17) is 11.6 Å². The van der Waals surface area contributed by atoms with Gasteiger partial charge in [-0.1, -0.05) is 53.1 Å². The maximum atomic E-state index is 11.0. The molecule has 0 atom stereocenters. The van der Waals surface area contributed by atoms with Gasteiger partial charge in [0.05, 0.1) is 13.1 Å². The van der Waals surface area contributed by atoms with Crippen molar-refractivity contribution < 1.29 is 5.11 Å². The minimum atomic E-state index is -1.97. The van der Waals surface area contributed by atoms with Gasteiger partial charge in [-0.15, -0.1) is 0 Å². The van der Waals surface area contributed by atoms with E-state index in [9.17, 15) is 5.11 Å². The number of hydrogen-bond donors (Lipinski definition) is 1. The van der Waals surface area contributed by atoms with Crippen molar-refractivity contribution in [2.24, 2.45) is 0 Å². The summed E-state index contributed by atoms with van der Waals surface area (Å²) >= 11 is 6.53. The van der Waals surface area contributed by atoms with Crippen LogP contribution in [0.4, 0.5) is 0 Å². The summed E-state index contributed by atoms with van der Waals surface area (Å²) < 4.78 is 0. The van der Waals surface area contributed by atoms with Crippen molar-refractivity contribution in [1.29, 1.82) is 0 Å². The Kier molecular flexibility index (Phi) is 4.88. The highest BCUT2D eigenvalue weighted by molar-refractivity contribution is 6.95. The number of pyridine rings is 1. The van der Waals surface area contributed by atoms with Gasteiger partial charge in [0.25, 0.3) is 0 Å². The molecule has 2 aromatic rings. The van der Waals surface area contributed by atoms with Crippen LogP contribution in [-0.4, -0.2) is 18.2 Å². The first-order valence-electron chi connectivity index (χ1n) is 8.01. The van der Waals surface area contributed by atoms with Gasteiger partial charge in [0.2, 0.25) is 0 Å². The molecule has 0 aliphatic carbocycles. The van der Waals surface area contributed by atoms with Gasteiger partial charge >= 0.3 is 0 Å². The SMILES string of the molecule is CC(C)[Si](c1cc(Cl)c2cccnc2c1O)(C(C)C)C(C)C. The first-order valence-corrected chi connectivity index (χ1v) is 10.6. The Hall–Kier alpha value is -1.06. The third-order valence-electron chi connectivity index (χ3n) is 5.15. The molecule has 1 heterocycles. The van der Waals surface area contributed by atoms with Crippen molar-refractivity contribution in [2.45, 2.75) is 58.2 Å². The van der Waals surface area contributed by atoms with Gasteiger partial charge in [0, 0.05) is 11.6 Å². The highest BCUT2D eigenvalue weighted by Gasteiger charge is 2.46. The van der Waals surface area contributed by atoms with Crippen LogP contribution < -0.4 is 5.19 Å². The highest BCUT2D eigenvalue weighted by atomic mass is 35.5. The molecule has 1 N–H and O–H groups in total. The van der Waals surface area contributed by atoms with Crippen LogP contribution in [0.1, 0.15) is 41.5 Å². The molecule has 0 saturated heterocycles. The molecule has 0 radical (unpaired) electrons. The van der Waals surface area contributed by atoms with Gasteiger partial charge in [-0.2, -0.15) is 0 Å². The first kappa shape index (κ1) is 17.3. The summed E-state index contributed by atoms with van der Waals surface area (Å²) in [7, 11) is -1.97. The Balaban J connectivity index is 2.89. The summed E-state index contributed by atoms with van der Waals surface area (Å²) in [6.07, 6.45) is 1.71. The fourth-order valence-corrected chi connectivity index (χ4v) is 11.6. The lowest BCUT2D eigenvalue weighted by Gasteiger charge is -2.44. The second-order valence-corrected chi connectivity index (χ2v) is 13.3. The third-order valence-corrected chi connectivity index (χ3v) is 12.5. The van der Waals surface area contributed by atoms with E-state index in [0.717, 1.165) is 10.6 Å². The zero-order valence-electron chi connectivity index (χ0n) is 14.3. The predicted molar refractivity (Wildman–Crippen MR) is 99.1 cm³/mol. The van der Waals surface area contributed by atoms with Crippen molar-refractivity contribution in [2.75, 3.05) is 0 Å². The van der Waals surface area contributed by atoms with Gasteiger partial charge < -0.3 is 5.11 Å². The average Bonchev–Trinajstić information content (AvgIpc) is 2.43. The minimum Gasteiger partial charge on any atom is -0.506 e. The molecule has 2 nitrogen and oxygen atoms in total. The van der Waals surface area contributed by atoms with Crippen LogP contribution in [0, 0.1) is 0 Å². The second-order valence-electron chi connectivity index (χ2n) is 7.05. The first-order chi connectivity index (χ1) is 10.2. The summed E-state index contributed by atoms with van der Waals surface area (Å²) in [6, 6.07) is 5.77. The largest absolute Gasteiger partial charge is 0.506 e. The molecule has 0 fully saturated rings. The van der Waals surface area contributed by atoms with Crippen LogP contribution in [0.3, 0.4) is 0 Å². The zero-order valence-corrected chi connectivity index (χ0v) is 16.1. The maximum absolute atomic E-state index is 11.0. The van der Waals surface area contributed by atoms with E-state index in [1.807, 2.05) is 18.2 Å². The number of fused-ring (bicyclic) bond motifs is 1. The number of hydrogen-bond acceptors (Lipinski definition) is 2. The van der Waals surface area contributed by atoms with Gasteiger partial charge in [-0.25, -0.2) is 0 Å². The van der Waals surface area contributed by atoms with Crippen molar-refractivity contribution in [3.8, 4) is 5.75 Å². The Morgan fingerprint density at radius 3 is 2.09 bits per heavy atom. The number of rotatable bonds is 4. The fourth-order valence-electron chi connectivity index (χ4n) is 4.45. The normalized spacial score (nSPS) is 12.8. The van der Waals surface area contributed by atoms with E-state index < -0.39 is 8.07 Å². The molecule has 0 spiro atoms. The topological polar surface area (TPSA) is 33.1 Å². The number of aromatic nitrogens is 1. The van der Waals surface area contributed by atoms with Crippen LogP contribution in [0.2, 0.25) is 21.6 Å². The Morgan fingerprint density at radius 1 is 1.05 bits per heavy atom. The molecule has 0 aliphatic heterocycles. The van der Waals surface area contributed by atoms with Gasteiger partial charge in [-0.05, 0) is 40.0 Å². The summed E-state index contributed by atoms with van der Waals surface area (Å²) in [5.74, 6) is 0.336. The molecule has 120 valence electrons. The van der Waals surface area contributed by atoms with Crippen molar-refractivity contribution >= 4 is 35.8 Å². The molecule has 0 saturated carbocycles. The van der Waals surface area contributed by atoms with Crippen LogP contribution in [0.15, 0.2) is 24.4 Å². The minimum absolute atomic E-state index is 0.336. The van der Waals surface area contributed by atoms with E-state index in [0.29, 0.717) is 32.9 Å². The van der Waals surface area contributed by atoms with E-state index in [2.05, 4.69) is 46.5 Å². The molecule has 0 aliphatic rings. The summed E-state index contributed by atoms with van der Waals surface area (Å²) in [4.78, 5) is 4.38. The van der Waals surface area contributed by atoms with E-state index in [1.165, 1.54) is 0 Å². The molecule has 0 amide bonds. The summed E-state index contributed by atoms with van der Waals surface area (Å²) in [5, 5.41) is 13.5. The monoisotopic (exact) mass is 335 g/mol. The molecular formula is C18H26ClNOSi. The van der Waals surface area contributed by atoms with Gasteiger partial charge in [0.15, 0.2) is 0 Å². The Labute approximate surface area is 139 Å². The number of phenols is 1. The Bertz CT molecular complexity index is 660. The van der Waals surface area contributed by atoms with Crippen LogP contribution >= 0.6 is 11.6 Å². The van der Waals surface area contributed by atoms with Crippen molar-refractivity contribution in [1.82, 2.24) is 4.98 Å². The molecule has 22 heavy (non-hydrogen) atoms. The van der Waals surface area contributed by atoms with E-state index >= 15 is 0 Å². The van der Waals surface area contributed by atoms with Crippen molar-refractivity contribution in [3.63, 3.8) is 0 Å². The lowest BCUT2D eigenvalue weighted by Crippen LogP contribution is -2.55. The lowest BCUT2D eigenvalue weighted by atomic mass is 10.2. The van der Waals surface area contributed by atoms with Crippen molar-refractivity contribution in [3.05, 3.63) is 29.4 Å². The number of halogens is 1. The molecule has 4 heteroatoms. The number of benzene rings is 1. The highest BCUT2D eigenvalue weighted by Crippen LogP contribution is 2.44. The molecule has 0 bridgehead atoms. The second kappa shape index (κ2) is 6.21. The smallest absolute Gasteiger partial charge is 0.141 e. The zero-order chi connectivity index (χ0) is 16.7. The predicted octanol–water partition coefficient (Wildman–Crippen LogP) is 5.48. The lowest BCUT2D eigenvalue weighted by molar-refractivity contribution is 0.483.